The molecule has 0 aliphatic carbocycles. The van der Waals surface area contributed by atoms with Gasteiger partial charge in [0.1, 0.15) is 0 Å². The van der Waals surface area contributed by atoms with Gasteiger partial charge in [0, 0.05) is 18.9 Å². The molecule has 0 saturated carbocycles. The van der Waals surface area contributed by atoms with Crippen molar-refractivity contribution in [1.82, 2.24) is 5.32 Å². The maximum absolute atomic E-state index is 10.3. The summed E-state index contributed by atoms with van der Waals surface area (Å²) in [6, 6.07) is 1.69. The van der Waals surface area contributed by atoms with Crippen molar-refractivity contribution in [3.63, 3.8) is 0 Å². The van der Waals surface area contributed by atoms with Gasteiger partial charge in [0.25, 0.3) is 0 Å². The summed E-state index contributed by atoms with van der Waals surface area (Å²) in [5, 5.41) is 9.71. The van der Waals surface area contributed by atoms with E-state index in [1.54, 1.807) is 6.07 Å². The molecule has 4 nitrogen and oxygen atoms in total. The Labute approximate surface area is 70.9 Å². The molecule has 1 fully saturated rings. The normalized spacial score (nSPS) is 14.9. The van der Waals surface area contributed by atoms with Crippen molar-refractivity contribution in [2.45, 2.75) is 19.3 Å². The molecule has 0 aromatic rings. The minimum atomic E-state index is -0.138. The molecule has 0 spiro atoms. The third kappa shape index (κ3) is 5.18. The number of rotatable bonds is 0. The molecule has 1 aliphatic rings. The number of carbonyl (C=O) groups is 2. The average Bonchev–Trinajstić information content (AvgIpc) is 2.04. The first-order chi connectivity index (χ1) is 5.70. The van der Waals surface area contributed by atoms with Gasteiger partial charge in [-0.15, -0.1) is 0 Å². The van der Waals surface area contributed by atoms with Gasteiger partial charge in [-0.25, -0.2) is 0 Å². The van der Waals surface area contributed by atoms with Crippen LogP contribution in [-0.2, 0) is 9.59 Å². The fourth-order valence-corrected chi connectivity index (χ4v) is 0.690. The first-order valence-electron chi connectivity index (χ1n) is 3.54. The number of hydrogen-bond acceptors (Lipinski definition) is 3. The smallest absolute Gasteiger partial charge is 0.226 e. The monoisotopic (exact) mass is 166 g/mol. The Morgan fingerprint density at radius 2 is 1.83 bits per heavy atom. The fourth-order valence-electron chi connectivity index (χ4n) is 0.690. The molecular weight excluding hydrogens is 156 g/mol. The van der Waals surface area contributed by atoms with Crippen LogP contribution in [0.25, 0.3) is 0 Å². The Hall–Kier alpha value is -1.63. The SMILES string of the molecule is C=CC#N.O=C1CCCC(=O)N1. The Balaban J connectivity index is 0.000000261. The minimum Gasteiger partial charge on any atom is -0.296 e. The van der Waals surface area contributed by atoms with Gasteiger partial charge in [0.2, 0.25) is 11.8 Å². The molecule has 4 heteroatoms. The molecule has 0 radical (unpaired) electrons. The van der Waals surface area contributed by atoms with Crippen LogP contribution in [0.15, 0.2) is 12.7 Å². The van der Waals surface area contributed by atoms with Crippen LogP contribution in [0.5, 0.6) is 0 Å². The van der Waals surface area contributed by atoms with Gasteiger partial charge in [-0.3, -0.25) is 14.9 Å². The van der Waals surface area contributed by atoms with Gasteiger partial charge in [0.15, 0.2) is 0 Å². The van der Waals surface area contributed by atoms with E-state index in [9.17, 15) is 9.59 Å². The average molecular weight is 166 g/mol. The molecule has 1 N–H and O–H groups in total. The molecule has 0 atom stereocenters. The number of carbonyl (C=O) groups excluding carboxylic acids is 2. The Morgan fingerprint density at radius 1 is 1.42 bits per heavy atom. The molecule has 0 unspecified atom stereocenters. The van der Waals surface area contributed by atoms with E-state index in [1.165, 1.54) is 6.08 Å². The van der Waals surface area contributed by atoms with Crippen LogP contribution >= 0.6 is 0 Å². The van der Waals surface area contributed by atoms with Crippen LogP contribution in [-0.4, -0.2) is 11.8 Å². The first-order valence-corrected chi connectivity index (χ1v) is 3.54. The second kappa shape index (κ2) is 6.10. The highest BCUT2D eigenvalue weighted by Crippen LogP contribution is 2.00. The van der Waals surface area contributed by atoms with Crippen LogP contribution in [0.2, 0.25) is 0 Å². The van der Waals surface area contributed by atoms with Crippen molar-refractivity contribution >= 4 is 11.8 Å². The van der Waals surface area contributed by atoms with Crippen molar-refractivity contribution < 1.29 is 9.59 Å². The van der Waals surface area contributed by atoms with Gasteiger partial charge in [-0.2, -0.15) is 5.26 Å². The van der Waals surface area contributed by atoms with E-state index in [0.29, 0.717) is 19.3 Å². The first kappa shape index (κ1) is 10.4. The largest absolute Gasteiger partial charge is 0.296 e. The summed E-state index contributed by atoms with van der Waals surface area (Å²) in [6.45, 7) is 3.12. The van der Waals surface area contributed by atoms with Gasteiger partial charge < -0.3 is 0 Å². The zero-order valence-electron chi connectivity index (χ0n) is 6.67. The third-order valence-electron chi connectivity index (χ3n) is 1.18. The Bertz CT molecular complexity index is 214. The molecule has 1 saturated heterocycles. The predicted molar refractivity (Wildman–Crippen MR) is 42.8 cm³/mol. The quantitative estimate of drug-likeness (QED) is 0.421. The van der Waals surface area contributed by atoms with E-state index in [0.717, 1.165) is 0 Å². The Kier molecular flexibility index (Phi) is 5.28. The minimum absolute atomic E-state index is 0.138. The lowest BCUT2D eigenvalue weighted by molar-refractivity contribution is -0.132. The summed E-state index contributed by atoms with van der Waals surface area (Å²) in [5.41, 5.74) is 0. The summed E-state index contributed by atoms with van der Waals surface area (Å²) in [6.07, 6.45) is 2.90. The lowest BCUT2D eigenvalue weighted by Crippen LogP contribution is -2.33. The highest BCUT2D eigenvalue weighted by atomic mass is 16.2. The van der Waals surface area contributed by atoms with Crippen molar-refractivity contribution in [2.24, 2.45) is 0 Å². The van der Waals surface area contributed by atoms with Gasteiger partial charge in [-0.1, -0.05) is 6.58 Å². The molecule has 0 aromatic heterocycles. The maximum atomic E-state index is 10.3. The maximum Gasteiger partial charge on any atom is 0.226 e. The van der Waals surface area contributed by atoms with Crippen LogP contribution in [0, 0.1) is 11.3 Å². The van der Waals surface area contributed by atoms with E-state index in [-0.39, 0.29) is 11.8 Å². The van der Waals surface area contributed by atoms with E-state index >= 15 is 0 Å². The van der Waals surface area contributed by atoms with Crippen molar-refractivity contribution in [3.8, 4) is 6.07 Å². The molecule has 1 rings (SSSR count). The van der Waals surface area contributed by atoms with Crippen LogP contribution in [0.4, 0.5) is 0 Å². The predicted octanol–water partition coefficient (Wildman–Crippen LogP) is 0.509. The summed E-state index contributed by atoms with van der Waals surface area (Å²) in [4.78, 5) is 20.7. The number of hydrogen-bond donors (Lipinski definition) is 1. The van der Waals surface area contributed by atoms with E-state index < -0.39 is 0 Å². The number of allylic oxidation sites excluding steroid dienone is 1. The van der Waals surface area contributed by atoms with Crippen molar-refractivity contribution in [1.29, 1.82) is 5.26 Å². The van der Waals surface area contributed by atoms with Crippen LogP contribution in [0.3, 0.4) is 0 Å². The second-order valence-corrected chi connectivity index (χ2v) is 2.16. The fraction of sp³-hybridized carbons (Fsp3) is 0.375. The lowest BCUT2D eigenvalue weighted by atomic mass is 10.1. The number of imide groups is 1. The number of nitriles is 1. The summed E-state index contributed by atoms with van der Waals surface area (Å²) in [5.74, 6) is -0.275. The third-order valence-corrected chi connectivity index (χ3v) is 1.18. The number of amides is 2. The van der Waals surface area contributed by atoms with E-state index in [4.69, 9.17) is 5.26 Å². The molecule has 1 heterocycles. The van der Waals surface area contributed by atoms with Crippen LogP contribution in [0.1, 0.15) is 19.3 Å². The molecule has 0 aromatic carbocycles. The standard InChI is InChI=1S/C5H7NO2.C3H3N/c7-4-2-1-3-5(8)6-4;1-2-3-4/h1-3H2,(H,6,7,8);2H,1H2. The van der Waals surface area contributed by atoms with E-state index in [1.807, 2.05) is 0 Å². The van der Waals surface area contributed by atoms with Crippen molar-refractivity contribution in [2.75, 3.05) is 0 Å². The highest BCUT2D eigenvalue weighted by molar-refractivity contribution is 5.97. The molecular formula is C8H10N2O2. The van der Waals surface area contributed by atoms with Crippen molar-refractivity contribution in [3.05, 3.63) is 12.7 Å². The summed E-state index contributed by atoms with van der Waals surface area (Å²) >= 11 is 0. The summed E-state index contributed by atoms with van der Waals surface area (Å²) < 4.78 is 0. The van der Waals surface area contributed by atoms with Gasteiger partial charge in [-0.05, 0) is 6.42 Å². The number of nitrogens with one attached hydrogen (secondary N) is 1. The van der Waals surface area contributed by atoms with Gasteiger partial charge in [0.05, 0.1) is 6.07 Å². The Morgan fingerprint density at radius 3 is 2.00 bits per heavy atom. The molecule has 0 bridgehead atoms. The second-order valence-electron chi connectivity index (χ2n) is 2.16. The lowest BCUT2D eigenvalue weighted by Gasteiger charge is -2.07. The zero-order valence-corrected chi connectivity index (χ0v) is 6.67. The molecule has 2 amide bonds. The highest BCUT2D eigenvalue weighted by Gasteiger charge is 2.12. The molecule has 1 aliphatic heterocycles. The number of nitrogens with zero attached hydrogens (tertiary/aromatic N) is 1. The topological polar surface area (TPSA) is 70.0 Å². The van der Waals surface area contributed by atoms with Crippen LogP contribution < -0.4 is 5.32 Å². The molecule has 64 valence electrons. The van der Waals surface area contributed by atoms with E-state index in [2.05, 4.69) is 11.9 Å². The molecule has 12 heavy (non-hydrogen) atoms. The van der Waals surface area contributed by atoms with Gasteiger partial charge >= 0.3 is 0 Å². The number of piperidine rings is 1. The summed E-state index contributed by atoms with van der Waals surface area (Å²) in [7, 11) is 0. The zero-order chi connectivity index (χ0) is 9.40.